The van der Waals surface area contributed by atoms with Crippen LogP contribution in [0.3, 0.4) is 0 Å². The number of hydrogen-bond acceptors (Lipinski definition) is 5. The Balaban J connectivity index is 1.95. The molecule has 2 rings (SSSR count). The van der Waals surface area contributed by atoms with Gasteiger partial charge in [0.05, 0.1) is 14.2 Å². The highest BCUT2D eigenvalue weighted by Crippen LogP contribution is 2.28. The number of hydrogen-bond donors (Lipinski definition) is 1. The van der Waals surface area contributed by atoms with Gasteiger partial charge in [0.25, 0.3) is 0 Å². The van der Waals surface area contributed by atoms with Crippen molar-refractivity contribution in [3.8, 4) is 17.2 Å². The monoisotopic (exact) mass is 365 g/mol. The zero-order valence-electron chi connectivity index (χ0n) is 14.6. The Bertz CT molecular complexity index is 788. The second-order valence-electron chi connectivity index (χ2n) is 5.26. The van der Waals surface area contributed by atoms with Gasteiger partial charge < -0.3 is 14.2 Å². The van der Waals surface area contributed by atoms with Crippen molar-refractivity contribution in [1.29, 1.82) is 0 Å². The minimum Gasteiger partial charge on any atom is -0.497 e. The minimum atomic E-state index is -3.70. The molecule has 0 aliphatic carbocycles. The standard InChI is InChI=1S/C18H23NO5S/c1-4-14-5-7-15(8-6-14)24-12-11-19-25(20,21)18-10-9-16(22-2)13-17(18)23-3/h5-10,13,19H,4,11-12H2,1-3H3. The van der Waals surface area contributed by atoms with Crippen LogP contribution in [0.25, 0.3) is 0 Å². The average Bonchev–Trinajstić information content (AvgIpc) is 2.65. The fourth-order valence-corrected chi connectivity index (χ4v) is 3.40. The molecule has 0 aliphatic rings. The van der Waals surface area contributed by atoms with E-state index in [1.807, 2.05) is 24.3 Å². The van der Waals surface area contributed by atoms with Crippen LogP contribution in [0, 0.1) is 0 Å². The second kappa shape index (κ2) is 8.73. The molecule has 0 amide bonds. The molecule has 0 aromatic heterocycles. The molecule has 6 nitrogen and oxygen atoms in total. The van der Waals surface area contributed by atoms with Crippen LogP contribution >= 0.6 is 0 Å². The Morgan fingerprint density at radius 1 is 0.960 bits per heavy atom. The maximum atomic E-state index is 12.4. The first-order valence-electron chi connectivity index (χ1n) is 7.93. The van der Waals surface area contributed by atoms with Crippen LogP contribution in [0.4, 0.5) is 0 Å². The van der Waals surface area contributed by atoms with Gasteiger partial charge in [-0.2, -0.15) is 0 Å². The number of aryl methyl sites for hydroxylation is 1. The van der Waals surface area contributed by atoms with Gasteiger partial charge in [-0.15, -0.1) is 0 Å². The van der Waals surface area contributed by atoms with Crippen LogP contribution in [0.2, 0.25) is 0 Å². The van der Waals surface area contributed by atoms with Crippen molar-refractivity contribution in [2.24, 2.45) is 0 Å². The molecule has 0 fully saturated rings. The first-order valence-corrected chi connectivity index (χ1v) is 9.42. The maximum Gasteiger partial charge on any atom is 0.244 e. The van der Waals surface area contributed by atoms with Crippen LogP contribution in [0.1, 0.15) is 12.5 Å². The highest BCUT2D eigenvalue weighted by atomic mass is 32.2. The first-order chi connectivity index (χ1) is 12.0. The molecule has 7 heteroatoms. The molecule has 0 spiro atoms. The summed E-state index contributed by atoms with van der Waals surface area (Å²) in [7, 11) is -0.785. The molecule has 2 aromatic rings. The van der Waals surface area contributed by atoms with Gasteiger partial charge in [-0.05, 0) is 36.2 Å². The third kappa shape index (κ3) is 5.11. The largest absolute Gasteiger partial charge is 0.497 e. The molecule has 0 heterocycles. The Morgan fingerprint density at radius 3 is 2.24 bits per heavy atom. The van der Waals surface area contributed by atoms with E-state index in [0.29, 0.717) is 11.5 Å². The van der Waals surface area contributed by atoms with Gasteiger partial charge >= 0.3 is 0 Å². The van der Waals surface area contributed by atoms with E-state index in [4.69, 9.17) is 14.2 Å². The number of sulfonamides is 1. The zero-order chi connectivity index (χ0) is 18.3. The average molecular weight is 365 g/mol. The molecule has 0 radical (unpaired) electrons. The van der Waals surface area contributed by atoms with Gasteiger partial charge in [0.2, 0.25) is 10.0 Å². The van der Waals surface area contributed by atoms with Crippen molar-refractivity contribution < 1.29 is 22.6 Å². The van der Waals surface area contributed by atoms with Crippen molar-refractivity contribution in [2.75, 3.05) is 27.4 Å². The van der Waals surface area contributed by atoms with E-state index in [9.17, 15) is 8.42 Å². The lowest BCUT2D eigenvalue weighted by molar-refractivity contribution is 0.322. The van der Waals surface area contributed by atoms with Gasteiger partial charge in [0.15, 0.2) is 0 Å². The lowest BCUT2D eigenvalue weighted by Gasteiger charge is -2.12. The van der Waals surface area contributed by atoms with E-state index in [-0.39, 0.29) is 23.8 Å². The van der Waals surface area contributed by atoms with E-state index >= 15 is 0 Å². The van der Waals surface area contributed by atoms with E-state index in [2.05, 4.69) is 11.6 Å². The summed E-state index contributed by atoms with van der Waals surface area (Å²) in [6.07, 6.45) is 0.962. The van der Waals surface area contributed by atoms with Crippen LogP contribution in [0.15, 0.2) is 47.4 Å². The summed E-state index contributed by atoms with van der Waals surface area (Å²) in [5.41, 5.74) is 1.22. The van der Waals surface area contributed by atoms with Crippen molar-refractivity contribution in [3.05, 3.63) is 48.0 Å². The van der Waals surface area contributed by atoms with Gasteiger partial charge in [-0.3, -0.25) is 0 Å². The van der Waals surface area contributed by atoms with Crippen LogP contribution in [-0.2, 0) is 16.4 Å². The summed E-state index contributed by atoms with van der Waals surface area (Å²) in [4.78, 5) is 0.0584. The number of methoxy groups -OCH3 is 2. The van der Waals surface area contributed by atoms with Crippen molar-refractivity contribution >= 4 is 10.0 Å². The van der Waals surface area contributed by atoms with E-state index in [1.165, 1.54) is 31.9 Å². The number of ether oxygens (including phenoxy) is 3. The number of nitrogens with one attached hydrogen (secondary N) is 1. The first kappa shape index (κ1) is 19.1. The van der Waals surface area contributed by atoms with Crippen LogP contribution in [-0.4, -0.2) is 35.8 Å². The molecule has 0 saturated heterocycles. The second-order valence-corrected chi connectivity index (χ2v) is 7.00. The molecule has 0 aliphatic heterocycles. The Hall–Kier alpha value is -2.25. The fourth-order valence-electron chi connectivity index (χ4n) is 2.24. The highest BCUT2D eigenvalue weighted by molar-refractivity contribution is 7.89. The van der Waals surface area contributed by atoms with Crippen molar-refractivity contribution in [1.82, 2.24) is 4.72 Å². The maximum absolute atomic E-state index is 12.4. The van der Waals surface area contributed by atoms with Gasteiger partial charge in [0.1, 0.15) is 28.8 Å². The molecule has 25 heavy (non-hydrogen) atoms. The SMILES string of the molecule is CCc1ccc(OCCNS(=O)(=O)c2ccc(OC)cc2OC)cc1. The lowest BCUT2D eigenvalue weighted by Crippen LogP contribution is -2.28. The van der Waals surface area contributed by atoms with Gasteiger partial charge in [-0.25, -0.2) is 13.1 Å². The van der Waals surface area contributed by atoms with Crippen LogP contribution < -0.4 is 18.9 Å². The molecule has 0 saturated carbocycles. The minimum absolute atomic E-state index is 0.0584. The topological polar surface area (TPSA) is 73.9 Å². The van der Waals surface area contributed by atoms with Gasteiger partial charge in [-0.1, -0.05) is 19.1 Å². The Labute approximate surface area is 148 Å². The molecule has 2 aromatic carbocycles. The third-order valence-corrected chi connectivity index (χ3v) is 5.16. The molecular formula is C18H23NO5S. The summed E-state index contributed by atoms with van der Waals surface area (Å²) in [6, 6.07) is 12.3. The van der Waals surface area contributed by atoms with Crippen molar-refractivity contribution in [2.45, 2.75) is 18.2 Å². The predicted molar refractivity (Wildman–Crippen MR) is 96.0 cm³/mol. The number of rotatable bonds is 9. The summed E-state index contributed by atoms with van der Waals surface area (Å²) < 4.78 is 43.1. The fraction of sp³-hybridized carbons (Fsp3) is 0.333. The summed E-state index contributed by atoms with van der Waals surface area (Å²) in [5, 5.41) is 0. The number of benzene rings is 2. The quantitative estimate of drug-likeness (QED) is 0.692. The molecule has 1 N–H and O–H groups in total. The molecule has 0 atom stereocenters. The molecule has 136 valence electrons. The zero-order valence-corrected chi connectivity index (χ0v) is 15.4. The smallest absolute Gasteiger partial charge is 0.244 e. The van der Waals surface area contributed by atoms with Crippen molar-refractivity contribution in [3.63, 3.8) is 0 Å². The van der Waals surface area contributed by atoms with Crippen LogP contribution in [0.5, 0.6) is 17.2 Å². The van der Waals surface area contributed by atoms with E-state index < -0.39 is 10.0 Å². The lowest BCUT2D eigenvalue weighted by atomic mass is 10.2. The Kier molecular flexibility index (Phi) is 6.66. The molecular weight excluding hydrogens is 342 g/mol. The summed E-state index contributed by atoms with van der Waals surface area (Å²) in [5.74, 6) is 1.45. The summed E-state index contributed by atoms with van der Waals surface area (Å²) >= 11 is 0. The third-order valence-electron chi connectivity index (χ3n) is 3.65. The van der Waals surface area contributed by atoms with Gasteiger partial charge in [0, 0.05) is 12.6 Å². The normalized spacial score (nSPS) is 11.2. The highest BCUT2D eigenvalue weighted by Gasteiger charge is 2.19. The molecule has 0 unspecified atom stereocenters. The predicted octanol–water partition coefficient (Wildman–Crippen LogP) is 2.62. The molecule has 0 bridgehead atoms. The Morgan fingerprint density at radius 2 is 1.64 bits per heavy atom. The van der Waals surface area contributed by atoms with E-state index in [1.54, 1.807) is 6.07 Å². The van der Waals surface area contributed by atoms with E-state index in [0.717, 1.165) is 6.42 Å². The summed E-state index contributed by atoms with van der Waals surface area (Å²) in [6.45, 7) is 2.45.